The molecule has 0 aliphatic rings. The first-order valence-corrected chi connectivity index (χ1v) is 4.96. The molecule has 5 heteroatoms. The van der Waals surface area contributed by atoms with Crippen molar-refractivity contribution in [2.45, 2.75) is 6.92 Å². The Hall–Kier alpha value is -1.36. The van der Waals surface area contributed by atoms with Crippen molar-refractivity contribution in [1.29, 1.82) is 0 Å². The maximum atomic E-state index is 5.59. The number of nitrogens with zero attached hydrogens (tertiary/aromatic N) is 4. The van der Waals surface area contributed by atoms with Crippen LogP contribution in [-0.4, -0.2) is 49.1 Å². The highest BCUT2D eigenvalue weighted by atomic mass is 15.2. The Balaban J connectivity index is 2.68. The lowest BCUT2D eigenvalue weighted by Crippen LogP contribution is -2.29. The number of aromatic nitrogens is 2. The molecule has 1 aromatic rings. The monoisotopic (exact) mass is 209 g/mol. The van der Waals surface area contributed by atoms with Gasteiger partial charge in [0.05, 0.1) is 0 Å². The largest absolute Gasteiger partial charge is 0.368 e. The minimum atomic E-state index is 0.335. The normalized spacial score (nSPS) is 10.7. The second-order valence-corrected chi connectivity index (χ2v) is 3.95. The standard InChI is InChI=1S/C10H19N5/c1-8-7-9(13-10(11)12-8)15(4)6-5-14(2)3/h7H,5-6H2,1-4H3,(H2,11,12,13). The lowest BCUT2D eigenvalue weighted by Gasteiger charge is -2.20. The highest BCUT2D eigenvalue weighted by molar-refractivity contribution is 5.42. The topological polar surface area (TPSA) is 58.3 Å². The highest BCUT2D eigenvalue weighted by Gasteiger charge is 2.05. The van der Waals surface area contributed by atoms with Crippen molar-refractivity contribution in [3.63, 3.8) is 0 Å². The van der Waals surface area contributed by atoms with Gasteiger partial charge in [-0.1, -0.05) is 0 Å². The average molecular weight is 209 g/mol. The van der Waals surface area contributed by atoms with Gasteiger partial charge >= 0.3 is 0 Å². The summed E-state index contributed by atoms with van der Waals surface area (Å²) in [6.45, 7) is 3.82. The average Bonchev–Trinajstić information content (AvgIpc) is 2.12. The molecule has 0 aliphatic carbocycles. The highest BCUT2D eigenvalue weighted by Crippen LogP contribution is 2.11. The van der Waals surface area contributed by atoms with Crippen molar-refractivity contribution in [2.75, 3.05) is 44.9 Å². The Labute approximate surface area is 90.9 Å². The van der Waals surface area contributed by atoms with Crippen LogP contribution in [-0.2, 0) is 0 Å². The van der Waals surface area contributed by atoms with Crippen LogP contribution in [0.5, 0.6) is 0 Å². The Bertz CT molecular complexity index is 303. The van der Waals surface area contributed by atoms with Gasteiger partial charge in [0.15, 0.2) is 0 Å². The summed E-state index contributed by atoms with van der Waals surface area (Å²) in [5.74, 6) is 1.21. The fraction of sp³-hybridized carbons (Fsp3) is 0.600. The van der Waals surface area contributed by atoms with E-state index in [4.69, 9.17) is 5.73 Å². The number of aryl methyl sites for hydroxylation is 1. The number of likely N-dealkylation sites (N-methyl/N-ethyl adjacent to an activating group) is 2. The van der Waals surface area contributed by atoms with E-state index in [1.54, 1.807) is 0 Å². The van der Waals surface area contributed by atoms with Crippen LogP contribution in [0.25, 0.3) is 0 Å². The molecule has 84 valence electrons. The SMILES string of the molecule is Cc1cc(N(C)CCN(C)C)nc(N)n1. The molecule has 0 aromatic carbocycles. The molecule has 0 aliphatic heterocycles. The van der Waals surface area contributed by atoms with Crippen molar-refractivity contribution in [3.05, 3.63) is 11.8 Å². The van der Waals surface area contributed by atoms with Gasteiger partial charge in [-0.05, 0) is 21.0 Å². The van der Waals surface area contributed by atoms with Crippen LogP contribution in [0.2, 0.25) is 0 Å². The van der Waals surface area contributed by atoms with E-state index in [1.807, 2.05) is 34.1 Å². The first-order valence-electron chi connectivity index (χ1n) is 4.96. The summed E-state index contributed by atoms with van der Waals surface area (Å²) in [5.41, 5.74) is 6.49. The lowest BCUT2D eigenvalue weighted by molar-refractivity contribution is 0.416. The predicted octanol–water partition coefficient (Wildman–Crippen LogP) is 0.365. The first-order chi connectivity index (χ1) is 6.99. The summed E-state index contributed by atoms with van der Waals surface area (Å²) in [6, 6.07) is 1.94. The van der Waals surface area contributed by atoms with Gasteiger partial charge < -0.3 is 15.5 Å². The van der Waals surface area contributed by atoms with Crippen LogP contribution in [0.1, 0.15) is 5.69 Å². The Morgan fingerprint density at radius 3 is 2.40 bits per heavy atom. The van der Waals surface area contributed by atoms with E-state index in [0.29, 0.717) is 5.95 Å². The smallest absolute Gasteiger partial charge is 0.222 e. The van der Waals surface area contributed by atoms with Gasteiger partial charge in [0.1, 0.15) is 5.82 Å². The van der Waals surface area contributed by atoms with Crippen LogP contribution < -0.4 is 10.6 Å². The zero-order valence-corrected chi connectivity index (χ0v) is 9.86. The third-order valence-corrected chi connectivity index (χ3v) is 2.13. The van der Waals surface area contributed by atoms with Gasteiger partial charge in [-0.3, -0.25) is 0 Å². The third kappa shape index (κ3) is 3.71. The van der Waals surface area contributed by atoms with Gasteiger partial charge in [0.25, 0.3) is 0 Å². The zero-order valence-electron chi connectivity index (χ0n) is 9.86. The lowest BCUT2D eigenvalue weighted by atomic mass is 10.4. The molecule has 5 nitrogen and oxygen atoms in total. The summed E-state index contributed by atoms with van der Waals surface area (Å²) in [6.07, 6.45) is 0. The minimum absolute atomic E-state index is 0.335. The fourth-order valence-electron chi connectivity index (χ4n) is 1.23. The van der Waals surface area contributed by atoms with Crippen molar-refractivity contribution in [1.82, 2.24) is 14.9 Å². The molecule has 0 saturated carbocycles. The summed E-state index contributed by atoms with van der Waals surface area (Å²) < 4.78 is 0. The first kappa shape index (κ1) is 11.7. The molecule has 0 bridgehead atoms. The molecular formula is C10H19N5. The second-order valence-electron chi connectivity index (χ2n) is 3.95. The molecule has 0 atom stereocenters. The number of nitrogen functional groups attached to an aromatic ring is 1. The van der Waals surface area contributed by atoms with Crippen molar-refractivity contribution in [2.24, 2.45) is 0 Å². The van der Waals surface area contributed by atoms with Crippen LogP contribution in [0.15, 0.2) is 6.07 Å². The number of anilines is 2. The molecule has 1 aromatic heterocycles. The van der Waals surface area contributed by atoms with E-state index in [2.05, 4.69) is 19.8 Å². The van der Waals surface area contributed by atoms with E-state index in [-0.39, 0.29) is 0 Å². The number of rotatable bonds is 4. The minimum Gasteiger partial charge on any atom is -0.368 e. The van der Waals surface area contributed by atoms with Crippen molar-refractivity contribution < 1.29 is 0 Å². The van der Waals surface area contributed by atoms with Crippen molar-refractivity contribution >= 4 is 11.8 Å². The molecule has 2 N–H and O–H groups in total. The molecular weight excluding hydrogens is 190 g/mol. The second kappa shape index (κ2) is 4.93. The van der Waals surface area contributed by atoms with E-state index < -0.39 is 0 Å². The van der Waals surface area contributed by atoms with Gasteiger partial charge in [-0.15, -0.1) is 0 Å². The summed E-state index contributed by atoms with van der Waals surface area (Å²) in [7, 11) is 6.10. The van der Waals surface area contributed by atoms with Crippen LogP contribution in [0, 0.1) is 6.92 Å². The number of nitrogens with two attached hydrogens (primary N) is 1. The quantitative estimate of drug-likeness (QED) is 0.776. The molecule has 0 saturated heterocycles. The van der Waals surface area contributed by atoms with Gasteiger partial charge in [0.2, 0.25) is 5.95 Å². The van der Waals surface area contributed by atoms with E-state index in [0.717, 1.165) is 24.6 Å². The molecule has 15 heavy (non-hydrogen) atoms. The third-order valence-electron chi connectivity index (χ3n) is 2.13. The molecule has 0 amide bonds. The van der Waals surface area contributed by atoms with Gasteiger partial charge in [-0.2, -0.15) is 4.98 Å². The molecule has 0 radical (unpaired) electrons. The van der Waals surface area contributed by atoms with E-state index in [9.17, 15) is 0 Å². The van der Waals surface area contributed by atoms with Crippen LogP contribution in [0.4, 0.5) is 11.8 Å². The summed E-state index contributed by atoms with van der Waals surface area (Å²) in [5, 5.41) is 0. The van der Waals surface area contributed by atoms with Gasteiger partial charge in [0, 0.05) is 31.9 Å². The maximum absolute atomic E-state index is 5.59. The summed E-state index contributed by atoms with van der Waals surface area (Å²) in [4.78, 5) is 12.4. The van der Waals surface area contributed by atoms with Gasteiger partial charge in [-0.25, -0.2) is 4.98 Å². The Morgan fingerprint density at radius 2 is 1.87 bits per heavy atom. The molecule has 1 rings (SSSR count). The molecule has 0 fully saturated rings. The zero-order chi connectivity index (χ0) is 11.4. The molecule has 0 spiro atoms. The summed E-state index contributed by atoms with van der Waals surface area (Å²) >= 11 is 0. The fourth-order valence-corrected chi connectivity index (χ4v) is 1.23. The van der Waals surface area contributed by atoms with Crippen molar-refractivity contribution in [3.8, 4) is 0 Å². The van der Waals surface area contributed by atoms with E-state index >= 15 is 0 Å². The van der Waals surface area contributed by atoms with E-state index in [1.165, 1.54) is 0 Å². The predicted molar refractivity (Wildman–Crippen MR) is 63.0 cm³/mol. The molecule has 1 heterocycles. The maximum Gasteiger partial charge on any atom is 0.222 e. The number of hydrogen-bond acceptors (Lipinski definition) is 5. The Kier molecular flexibility index (Phi) is 3.85. The van der Waals surface area contributed by atoms with Crippen LogP contribution >= 0.6 is 0 Å². The molecule has 0 unspecified atom stereocenters. The van der Waals surface area contributed by atoms with Crippen LogP contribution in [0.3, 0.4) is 0 Å². The Morgan fingerprint density at radius 1 is 1.20 bits per heavy atom. The number of hydrogen-bond donors (Lipinski definition) is 1.